The van der Waals surface area contributed by atoms with Crippen molar-refractivity contribution in [3.05, 3.63) is 52.8 Å². The quantitative estimate of drug-likeness (QED) is 0.668. The molecule has 0 spiro atoms. The summed E-state index contributed by atoms with van der Waals surface area (Å²) in [4.78, 5) is 24.8. The van der Waals surface area contributed by atoms with Crippen molar-refractivity contribution < 1.29 is 9.59 Å². The van der Waals surface area contributed by atoms with E-state index in [1.165, 1.54) is 0 Å². The van der Waals surface area contributed by atoms with Gasteiger partial charge in [0.2, 0.25) is 5.91 Å². The van der Waals surface area contributed by atoms with Gasteiger partial charge in [0.05, 0.1) is 22.8 Å². The van der Waals surface area contributed by atoms with E-state index in [1.807, 2.05) is 6.26 Å². The highest BCUT2D eigenvalue weighted by Gasteiger charge is 2.22. The first-order chi connectivity index (χ1) is 11.6. The zero-order valence-electron chi connectivity index (χ0n) is 13.2. The lowest BCUT2D eigenvalue weighted by Gasteiger charge is -2.18. The number of rotatable bonds is 8. The third-order valence-electron chi connectivity index (χ3n) is 3.36. The van der Waals surface area contributed by atoms with Gasteiger partial charge in [0.1, 0.15) is 6.04 Å². The summed E-state index contributed by atoms with van der Waals surface area (Å²) in [7, 11) is 0. The Hall–Kier alpha value is -1.99. The van der Waals surface area contributed by atoms with Gasteiger partial charge in [-0.2, -0.15) is 16.9 Å². The number of amides is 2. The normalized spacial score (nSPS) is 11.8. The number of nitrogens with zero attached hydrogens (tertiary/aromatic N) is 1. The lowest BCUT2D eigenvalue weighted by molar-refractivity contribution is -0.123. The molecule has 128 valence electrons. The van der Waals surface area contributed by atoms with E-state index in [9.17, 15) is 9.59 Å². The molecule has 6 nitrogen and oxygen atoms in total. The second kappa shape index (κ2) is 9.34. The van der Waals surface area contributed by atoms with Crippen molar-refractivity contribution in [1.29, 1.82) is 0 Å². The van der Waals surface area contributed by atoms with Crippen molar-refractivity contribution in [1.82, 2.24) is 20.8 Å². The Morgan fingerprint density at radius 3 is 2.79 bits per heavy atom. The zero-order chi connectivity index (χ0) is 17.4. The van der Waals surface area contributed by atoms with Gasteiger partial charge in [0, 0.05) is 6.20 Å². The van der Waals surface area contributed by atoms with Crippen LogP contribution in [0.4, 0.5) is 0 Å². The summed E-state index contributed by atoms with van der Waals surface area (Å²) in [5.41, 5.74) is 1.15. The minimum Gasteiger partial charge on any atom is -0.349 e. The van der Waals surface area contributed by atoms with E-state index in [4.69, 9.17) is 11.6 Å². The average molecular weight is 367 g/mol. The van der Waals surface area contributed by atoms with Crippen LogP contribution >= 0.6 is 23.4 Å². The highest BCUT2D eigenvalue weighted by molar-refractivity contribution is 7.98. The minimum absolute atomic E-state index is 0.237. The van der Waals surface area contributed by atoms with Gasteiger partial charge in [0.15, 0.2) is 0 Å². The molecule has 0 fully saturated rings. The smallest absolute Gasteiger partial charge is 0.253 e. The number of H-pyrrole nitrogens is 1. The maximum absolute atomic E-state index is 12.4. The molecule has 8 heteroatoms. The molecule has 1 atom stereocenters. The Balaban J connectivity index is 2.00. The van der Waals surface area contributed by atoms with E-state index in [2.05, 4.69) is 20.8 Å². The summed E-state index contributed by atoms with van der Waals surface area (Å²) >= 11 is 7.65. The Morgan fingerprint density at radius 2 is 2.12 bits per heavy atom. The number of hydrogen-bond acceptors (Lipinski definition) is 4. The first-order valence-electron chi connectivity index (χ1n) is 7.42. The summed E-state index contributed by atoms with van der Waals surface area (Å²) in [6.07, 6.45) is 4.10. The van der Waals surface area contributed by atoms with Crippen molar-refractivity contribution in [2.45, 2.75) is 19.0 Å². The highest BCUT2D eigenvalue weighted by atomic mass is 35.5. The number of hydrogen-bond donors (Lipinski definition) is 3. The van der Waals surface area contributed by atoms with E-state index < -0.39 is 6.04 Å². The van der Waals surface area contributed by atoms with Crippen LogP contribution in [-0.4, -0.2) is 40.1 Å². The van der Waals surface area contributed by atoms with Gasteiger partial charge in [-0.1, -0.05) is 23.7 Å². The fourth-order valence-electron chi connectivity index (χ4n) is 2.07. The van der Waals surface area contributed by atoms with Crippen molar-refractivity contribution in [2.24, 2.45) is 0 Å². The molecule has 1 aromatic heterocycles. The molecular formula is C16H19ClN4O2S. The number of halogens is 1. The topological polar surface area (TPSA) is 86.9 Å². The van der Waals surface area contributed by atoms with Crippen LogP contribution in [0.2, 0.25) is 5.02 Å². The first kappa shape index (κ1) is 18.4. The van der Waals surface area contributed by atoms with Crippen molar-refractivity contribution in [3.8, 4) is 0 Å². The van der Waals surface area contributed by atoms with Crippen LogP contribution in [0.5, 0.6) is 0 Å². The fraction of sp³-hybridized carbons (Fsp3) is 0.312. The van der Waals surface area contributed by atoms with Gasteiger partial charge in [-0.05, 0) is 36.6 Å². The van der Waals surface area contributed by atoms with Gasteiger partial charge >= 0.3 is 0 Å². The van der Waals surface area contributed by atoms with Crippen molar-refractivity contribution >= 4 is 35.2 Å². The predicted octanol–water partition coefficient (Wildman–Crippen LogP) is 2.23. The highest BCUT2D eigenvalue weighted by Crippen LogP contribution is 2.15. The summed E-state index contributed by atoms with van der Waals surface area (Å²) in [5.74, 6) is 0.160. The molecule has 1 heterocycles. The Morgan fingerprint density at radius 1 is 1.33 bits per heavy atom. The van der Waals surface area contributed by atoms with Gasteiger partial charge in [-0.15, -0.1) is 0 Å². The number of aromatic amines is 1. The van der Waals surface area contributed by atoms with Crippen LogP contribution in [0.1, 0.15) is 22.5 Å². The molecular weight excluding hydrogens is 348 g/mol. The summed E-state index contributed by atoms with van der Waals surface area (Å²) in [6, 6.07) is 7.91. The Bertz CT molecular complexity index is 678. The molecule has 2 rings (SSSR count). The third-order valence-corrected chi connectivity index (χ3v) is 4.34. The first-order valence-corrected chi connectivity index (χ1v) is 9.19. The zero-order valence-corrected chi connectivity index (χ0v) is 14.8. The second-order valence-corrected chi connectivity index (χ2v) is 6.48. The number of carbonyl (C=O) groups excluding carboxylic acids is 2. The molecule has 1 aromatic carbocycles. The number of nitrogens with one attached hydrogen (secondary N) is 3. The van der Waals surface area contributed by atoms with Crippen LogP contribution < -0.4 is 10.6 Å². The third kappa shape index (κ3) is 5.28. The molecule has 24 heavy (non-hydrogen) atoms. The molecule has 0 bridgehead atoms. The van der Waals surface area contributed by atoms with Gasteiger partial charge in [-0.3, -0.25) is 14.7 Å². The molecule has 0 saturated heterocycles. The van der Waals surface area contributed by atoms with Crippen molar-refractivity contribution in [3.63, 3.8) is 0 Å². The van der Waals surface area contributed by atoms with E-state index >= 15 is 0 Å². The van der Waals surface area contributed by atoms with Crippen LogP contribution in [0.25, 0.3) is 0 Å². The number of aromatic nitrogens is 2. The monoisotopic (exact) mass is 366 g/mol. The molecule has 0 saturated carbocycles. The van der Waals surface area contributed by atoms with E-state index in [0.717, 1.165) is 11.4 Å². The largest absolute Gasteiger partial charge is 0.349 e. The number of carbonyl (C=O) groups is 2. The van der Waals surface area contributed by atoms with Gasteiger partial charge in [0.25, 0.3) is 5.91 Å². The Labute approximate surface area is 149 Å². The standard InChI is InChI=1S/C16H19ClN4O2S/c1-24-9-7-14(16(23)18-10-11-6-8-19-21-11)20-15(22)12-4-2-3-5-13(12)17/h2-6,8,14H,7,9-10H2,1H3,(H,18,23)(H,19,21)(H,20,22)/t14-/m1/s1. The van der Waals surface area contributed by atoms with Crippen molar-refractivity contribution in [2.75, 3.05) is 12.0 Å². The lowest BCUT2D eigenvalue weighted by atomic mass is 10.1. The average Bonchev–Trinajstić information content (AvgIpc) is 3.10. The molecule has 0 radical (unpaired) electrons. The van der Waals surface area contributed by atoms with Crippen LogP contribution in [0, 0.1) is 0 Å². The van der Waals surface area contributed by atoms with E-state index in [0.29, 0.717) is 23.6 Å². The number of benzene rings is 1. The predicted molar refractivity (Wildman–Crippen MR) is 96.1 cm³/mol. The molecule has 0 unspecified atom stereocenters. The maximum atomic E-state index is 12.4. The molecule has 3 N–H and O–H groups in total. The minimum atomic E-state index is -0.621. The van der Waals surface area contributed by atoms with Gasteiger partial charge in [-0.25, -0.2) is 0 Å². The molecule has 0 aliphatic heterocycles. The number of thioether (sulfide) groups is 1. The van der Waals surface area contributed by atoms with Gasteiger partial charge < -0.3 is 10.6 Å². The van der Waals surface area contributed by atoms with Crippen LogP contribution in [-0.2, 0) is 11.3 Å². The lowest BCUT2D eigenvalue weighted by Crippen LogP contribution is -2.47. The Kier molecular flexibility index (Phi) is 7.14. The summed E-state index contributed by atoms with van der Waals surface area (Å²) in [6.45, 7) is 0.330. The second-order valence-electron chi connectivity index (χ2n) is 5.09. The SMILES string of the molecule is CSCC[C@@H](NC(=O)c1ccccc1Cl)C(=O)NCc1ccn[nH]1. The molecule has 0 aliphatic carbocycles. The van der Waals surface area contributed by atoms with Crippen LogP contribution in [0.3, 0.4) is 0 Å². The summed E-state index contributed by atoms with van der Waals surface area (Å²) < 4.78 is 0. The maximum Gasteiger partial charge on any atom is 0.253 e. The van der Waals surface area contributed by atoms with Crippen LogP contribution in [0.15, 0.2) is 36.5 Å². The summed E-state index contributed by atoms with van der Waals surface area (Å²) in [5, 5.41) is 12.5. The van der Waals surface area contributed by atoms with E-state index in [1.54, 1.807) is 48.3 Å². The molecule has 2 amide bonds. The van der Waals surface area contributed by atoms with E-state index in [-0.39, 0.29) is 11.8 Å². The molecule has 0 aliphatic rings. The molecule has 2 aromatic rings. The fourth-order valence-corrected chi connectivity index (χ4v) is 2.77.